The average Bonchev–Trinajstić information content (AvgIpc) is 2.61. The van der Waals surface area contributed by atoms with Gasteiger partial charge in [0.2, 0.25) is 0 Å². The van der Waals surface area contributed by atoms with Gasteiger partial charge in [0.25, 0.3) is 0 Å². The minimum Gasteiger partial charge on any atom is -0.443 e. The summed E-state index contributed by atoms with van der Waals surface area (Å²) >= 11 is 0. The van der Waals surface area contributed by atoms with Gasteiger partial charge >= 0.3 is 11.9 Å². The van der Waals surface area contributed by atoms with E-state index in [2.05, 4.69) is 13.2 Å². The van der Waals surface area contributed by atoms with E-state index in [-0.39, 0.29) is 23.2 Å². The summed E-state index contributed by atoms with van der Waals surface area (Å²) in [5.41, 5.74) is 23.6. The second-order valence-electron chi connectivity index (χ2n) is 6.51. The first-order valence-electron chi connectivity index (χ1n) is 9.03. The van der Waals surface area contributed by atoms with Crippen LogP contribution in [0.2, 0.25) is 0 Å². The van der Waals surface area contributed by atoms with Crippen LogP contribution in [0.4, 0.5) is 0 Å². The molecule has 0 spiro atoms. The van der Waals surface area contributed by atoms with Crippen molar-refractivity contribution in [3.63, 3.8) is 0 Å². The zero-order valence-corrected chi connectivity index (χ0v) is 16.0. The van der Waals surface area contributed by atoms with Crippen LogP contribution in [0.15, 0.2) is 49.6 Å². The van der Waals surface area contributed by atoms with Gasteiger partial charge < -0.3 is 20.9 Å². The Hall–Kier alpha value is -2.52. The number of carbonyl (C=O) groups excluding carboxylic acids is 2. The molecule has 0 fully saturated rings. The van der Waals surface area contributed by atoms with Crippen molar-refractivity contribution in [2.75, 3.05) is 0 Å². The SMILES string of the molecule is C=CCC(N)CC(N)OC(=O)c1cccc(C(=O)OC(N)CC(N)CC=C)c1. The number of nitrogens with two attached hydrogens (primary N) is 4. The average molecular weight is 390 g/mol. The van der Waals surface area contributed by atoms with Crippen molar-refractivity contribution in [2.24, 2.45) is 22.9 Å². The first-order chi connectivity index (χ1) is 13.3. The number of rotatable bonds is 12. The summed E-state index contributed by atoms with van der Waals surface area (Å²) in [6, 6.07) is 5.41. The van der Waals surface area contributed by atoms with Crippen LogP contribution in [0, 0.1) is 0 Å². The van der Waals surface area contributed by atoms with Crippen LogP contribution in [-0.4, -0.2) is 36.5 Å². The van der Waals surface area contributed by atoms with Gasteiger partial charge in [-0.15, -0.1) is 13.2 Å². The van der Waals surface area contributed by atoms with Gasteiger partial charge in [0.05, 0.1) is 11.1 Å². The van der Waals surface area contributed by atoms with Gasteiger partial charge in [-0.2, -0.15) is 0 Å². The molecule has 4 unspecified atom stereocenters. The Labute approximate surface area is 165 Å². The first-order valence-corrected chi connectivity index (χ1v) is 9.03. The molecular formula is C20H30N4O4. The molecule has 28 heavy (non-hydrogen) atoms. The molecular weight excluding hydrogens is 360 g/mol. The highest BCUT2D eigenvalue weighted by molar-refractivity contribution is 5.95. The third-order valence-corrected chi connectivity index (χ3v) is 3.86. The molecule has 8 N–H and O–H groups in total. The lowest BCUT2D eigenvalue weighted by Gasteiger charge is -2.18. The Morgan fingerprint density at radius 3 is 1.61 bits per heavy atom. The molecule has 0 heterocycles. The third-order valence-electron chi connectivity index (χ3n) is 3.86. The van der Waals surface area contributed by atoms with Crippen LogP contribution in [-0.2, 0) is 9.47 Å². The van der Waals surface area contributed by atoms with Crippen LogP contribution in [0.3, 0.4) is 0 Å². The molecule has 0 aromatic heterocycles. The topological polar surface area (TPSA) is 157 Å². The molecule has 0 saturated carbocycles. The fraction of sp³-hybridized carbons (Fsp3) is 0.400. The molecule has 0 aliphatic heterocycles. The smallest absolute Gasteiger partial charge is 0.339 e. The molecule has 4 atom stereocenters. The molecule has 1 aromatic carbocycles. The van der Waals surface area contributed by atoms with Crippen LogP contribution in [0.25, 0.3) is 0 Å². The zero-order chi connectivity index (χ0) is 21.1. The second-order valence-corrected chi connectivity index (χ2v) is 6.51. The van der Waals surface area contributed by atoms with Gasteiger partial charge in [-0.3, -0.25) is 11.5 Å². The van der Waals surface area contributed by atoms with Crippen molar-refractivity contribution in [1.82, 2.24) is 0 Å². The number of benzene rings is 1. The predicted octanol–water partition coefficient (Wildman–Crippen LogP) is 1.16. The Bertz CT molecular complexity index is 627. The van der Waals surface area contributed by atoms with Crippen molar-refractivity contribution in [3.05, 3.63) is 60.7 Å². The van der Waals surface area contributed by atoms with E-state index in [4.69, 9.17) is 32.4 Å². The summed E-state index contributed by atoms with van der Waals surface area (Å²) < 4.78 is 10.3. The maximum atomic E-state index is 12.2. The summed E-state index contributed by atoms with van der Waals surface area (Å²) in [6.07, 6.45) is 3.31. The fourth-order valence-corrected chi connectivity index (χ4v) is 2.50. The van der Waals surface area contributed by atoms with Gasteiger partial charge in [0.15, 0.2) is 12.5 Å². The van der Waals surface area contributed by atoms with E-state index in [1.54, 1.807) is 12.2 Å². The van der Waals surface area contributed by atoms with Gasteiger partial charge in [-0.05, 0) is 31.0 Å². The van der Waals surface area contributed by atoms with Gasteiger partial charge in [0, 0.05) is 24.9 Å². The van der Waals surface area contributed by atoms with Crippen molar-refractivity contribution in [1.29, 1.82) is 0 Å². The molecule has 0 amide bonds. The van der Waals surface area contributed by atoms with E-state index in [1.165, 1.54) is 24.3 Å². The van der Waals surface area contributed by atoms with Gasteiger partial charge in [0.1, 0.15) is 0 Å². The van der Waals surface area contributed by atoms with Crippen molar-refractivity contribution < 1.29 is 19.1 Å². The maximum absolute atomic E-state index is 12.2. The molecule has 0 bridgehead atoms. The van der Waals surface area contributed by atoms with Crippen LogP contribution in [0.5, 0.6) is 0 Å². The highest BCUT2D eigenvalue weighted by atomic mass is 16.6. The lowest BCUT2D eigenvalue weighted by Crippen LogP contribution is -2.35. The molecule has 1 rings (SSSR count). The summed E-state index contributed by atoms with van der Waals surface area (Å²) in [7, 11) is 0. The molecule has 8 heteroatoms. The molecule has 1 aromatic rings. The number of hydrogen-bond acceptors (Lipinski definition) is 8. The highest BCUT2D eigenvalue weighted by Gasteiger charge is 2.19. The number of esters is 2. The van der Waals surface area contributed by atoms with E-state index in [0.29, 0.717) is 25.7 Å². The molecule has 0 aliphatic carbocycles. The van der Waals surface area contributed by atoms with Crippen LogP contribution in [0.1, 0.15) is 46.4 Å². The first kappa shape index (κ1) is 23.5. The van der Waals surface area contributed by atoms with E-state index in [9.17, 15) is 9.59 Å². The minimum atomic E-state index is -0.863. The lowest BCUT2D eigenvalue weighted by atomic mass is 10.1. The van der Waals surface area contributed by atoms with Gasteiger partial charge in [-0.1, -0.05) is 18.2 Å². The monoisotopic (exact) mass is 390 g/mol. The van der Waals surface area contributed by atoms with Gasteiger partial charge in [-0.25, -0.2) is 9.59 Å². The standard InChI is InChI=1S/C20H30N4O4/c1-3-6-15(21)11-17(23)27-19(25)13-8-5-9-14(10-13)20(26)28-18(24)12-16(22)7-4-2/h3-5,8-10,15-18H,1-2,6-7,11-12,21-24H2. The van der Waals surface area contributed by atoms with E-state index in [1.807, 2.05) is 0 Å². The Morgan fingerprint density at radius 1 is 0.857 bits per heavy atom. The Kier molecular flexibility index (Phi) is 10.1. The van der Waals surface area contributed by atoms with E-state index in [0.717, 1.165) is 0 Å². The largest absolute Gasteiger partial charge is 0.443 e. The summed E-state index contributed by atoms with van der Waals surface area (Å²) in [5, 5.41) is 0. The predicted molar refractivity (Wildman–Crippen MR) is 108 cm³/mol. The Balaban J connectivity index is 2.66. The molecule has 0 aliphatic rings. The maximum Gasteiger partial charge on any atom is 0.339 e. The third kappa shape index (κ3) is 8.45. The number of ether oxygens (including phenoxy) is 2. The fourth-order valence-electron chi connectivity index (χ4n) is 2.50. The summed E-state index contributed by atoms with van der Waals surface area (Å²) in [6.45, 7) is 7.19. The lowest BCUT2D eigenvalue weighted by molar-refractivity contribution is 0.0284. The second kappa shape index (κ2) is 12.0. The summed E-state index contributed by atoms with van der Waals surface area (Å²) in [4.78, 5) is 24.5. The van der Waals surface area contributed by atoms with Crippen LogP contribution >= 0.6 is 0 Å². The Morgan fingerprint density at radius 2 is 1.25 bits per heavy atom. The van der Waals surface area contributed by atoms with E-state index < -0.39 is 24.4 Å². The van der Waals surface area contributed by atoms with Crippen molar-refractivity contribution in [2.45, 2.75) is 50.2 Å². The molecule has 0 saturated heterocycles. The highest BCUT2D eigenvalue weighted by Crippen LogP contribution is 2.12. The quantitative estimate of drug-likeness (QED) is 0.235. The van der Waals surface area contributed by atoms with Crippen LogP contribution < -0.4 is 22.9 Å². The number of carbonyl (C=O) groups is 2. The summed E-state index contributed by atoms with van der Waals surface area (Å²) in [5.74, 6) is -1.32. The molecule has 0 radical (unpaired) electrons. The van der Waals surface area contributed by atoms with E-state index >= 15 is 0 Å². The van der Waals surface area contributed by atoms with Crippen molar-refractivity contribution >= 4 is 11.9 Å². The minimum absolute atomic E-state index is 0.166. The molecule has 8 nitrogen and oxygen atoms in total. The zero-order valence-electron chi connectivity index (χ0n) is 16.0. The molecule has 154 valence electrons. The normalized spacial score (nSPS) is 15.0. The van der Waals surface area contributed by atoms with Crippen molar-refractivity contribution in [3.8, 4) is 0 Å². The number of hydrogen-bond donors (Lipinski definition) is 4.